The fourth-order valence-electron chi connectivity index (χ4n) is 2.63. The van der Waals surface area contributed by atoms with Gasteiger partial charge in [-0.25, -0.2) is 4.79 Å². The van der Waals surface area contributed by atoms with E-state index in [0.29, 0.717) is 18.9 Å². The minimum Gasteiger partial charge on any atom is -0.463 e. The van der Waals surface area contributed by atoms with E-state index >= 15 is 0 Å². The van der Waals surface area contributed by atoms with E-state index < -0.39 is 12.1 Å². The van der Waals surface area contributed by atoms with Gasteiger partial charge in [0.15, 0.2) is 6.10 Å². The van der Waals surface area contributed by atoms with Crippen molar-refractivity contribution in [3.05, 3.63) is 0 Å². The summed E-state index contributed by atoms with van der Waals surface area (Å²) < 4.78 is 10.5. The van der Waals surface area contributed by atoms with Crippen molar-refractivity contribution in [2.24, 2.45) is 11.8 Å². The molecule has 2 atom stereocenters. The molecule has 0 heterocycles. The Morgan fingerprint density at radius 3 is 2.04 bits per heavy atom. The molecule has 0 saturated carbocycles. The first-order chi connectivity index (χ1) is 10.9. The zero-order valence-corrected chi connectivity index (χ0v) is 15.7. The molecule has 4 heteroatoms. The van der Waals surface area contributed by atoms with Crippen LogP contribution in [0.25, 0.3) is 0 Å². The summed E-state index contributed by atoms with van der Waals surface area (Å²) in [5, 5.41) is 0. The van der Waals surface area contributed by atoms with Gasteiger partial charge in [0.05, 0.1) is 12.5 Å². The topological polar surface area (TPSA) is 52.6 Å². The molecule has 23 heavy (non-hydrogen) atoms. The van der Waals surface area contributed by atoms with Crippen molar-refractivity contribution in [2.75, 3.05) is 6.61 Å². The van der Waals surface area contributed by atoms with E-state index in [9.17, 15) is 9.59 Å². The van der Waals surface area contributed by atoms with Crippen molar-refractivity contribution in [1.29, 1.82) is 0 Å². The van der Waals surface area contributed by atoms with Crippen molar-refractivity contribution < 1.29 is 19.1 Å². The van der Waals surface area contributed by atoms with Gasteiger partial charge in [-0.3, -0.25) is 4.79 Å². The molecule has 136 valence electrons. The number of carbonyl (C=O) groups excluding carboxylic acids is 2. The normalized spacial score (nSPS) is 13.7. The highest BCUT2D eigenvalue weighted by atomic mass is 16.6. The lowest BCUT2D eigenvalue weighted by Gasteiger charge is -2.19. The predicted octanol–water partition coefficient (Wildman–Crippen LogP) is 4.89. The first-order valence-corrected chi connectivity index (χ1v) is 9.29. The molecule has 0 aliphatic carbocycles. The van der Waals surface area contributed by atoms with Gasteiger partial charge in [-0.05, 0) is 32.1 Å². The van der Waals surface area contributed by atoms with E-state index in [4.69, 9.17) is 9.47 Å². The zero-order valence-electron chi connectivity index (χ0n) is 15.7. The summed E-state index contributed by atoms with van der Waals surface area (Å²) in [6.45, 7) is 10.3. The fraction of sp³-hybridized carbons (Fsp3) is 0.895. The third kappa shape index (κ3) is 11.2. The second-order valence-corrected chi connectivity index (χ2v) is 6.76. The monoisotopic (exact) mass is 328 g/mol. The smallest absolute Gasteiger partial charge is 0.347 e. The van der Waals surface area contributed by atoms with Crippen molar-refractivity contribution in [2.45, 2.75) is 92.1 Å². The summed E-state index contributed by atoms with van der Waals surface area (Å²) >= 11 is 0. The molecule has 0 fully saturated rings. The molecule has 0 aromatic heterocycles. The molecule has 0 N–H and O–H groups in total. The first kappa shape index (κ1) is 21.9. The van der Waals surface area contributed by atoms with Crippen LogP contribution in [0.2, 0.25) is 0 Å². The van der Waals surface area contributed by atoms with E-state index in [1.165, 1.54) is 25.7 Å². The molecule has 0 amide bonds. The molecule has 0 radical (unpaired) electrons. The van der Waals surface area contributed by atoms with E-state index in [2.05, 4.69) is 20.8 Å². The van der Waals surface area contributed by atoms with E-state index in [-0.39, 0.29) is 11.9 Å². The number of hydrogen-bond donors (Lipinski definition) is 0. The molecule has 0 rings (SSSR count). The van der Waals surface area contributed by atoms with Gasteiger partial charge in [0.2, 0.25) is 0 Å². The number of esters is 2. The van der Waals surface area contributed by atoms with Gasteiger partial charge in [-0.15, -0.1) is 0 Å². The maximum absolute atomic E-state index is 12.1. The molecule has 0 aromatic carbocycles. The molecule has 0 spiro atoms. The second kappa shape index (κ2) is 13.4. The Kier molecular flexibility index (Phi) is 12.8. The van der Waals surface area contributed by atoms with Crippen LogP contribution >= 0.6 is 0 Å². The van der Waals surface area contributed by atoms with Gasteiger partial charge in [-0.1, -0.05) is 59.8 Å². The van der Waals surface area contributed by atoms with E-state index in [1.807, 2.05) is 6.92 Å². The third-order valence-electron chi connectivity index (χ3n) is 3.86. The maximum Gasteiger partial charge on any atom is 0.347 e. The lowest BCUT2D eigenvalue weighted by Crippen LogP contribution is -2.31. The van der Waals surface area contributed by atoms with E-state index in [0.717, 1.165) is 19.3 Å². The highest BCUT2D eigenvalue weighted by Gasteiger charge is 2.26. The molecular formula is C19H36O4. The summed E-state index contributed by atoms with van der Waals surface area (Å²) in [4.78, 5) is 24.1. The van der Waals surface area contributed by atoms with Crippen LogP contribution in [0.4, 0.5) is 0 Å². The zero-order chi connectivity index (χ0) is 17.7. The third-order valence-corrected chi connectivity index (χ3v) is 3.86. The standard InChI is InChI=1S/C19H36O4/c1-6-8-9-10-11-12-13-17(19(21)22-7-2)23-18(20)16(5)14-15(3)4/h15-17H,6-14H2,1-5H3. The Labute approximate surface area is 142 Å². The second-order valence-electron chi connectivity index (χ2n) is 6.76. The Morgan fingerprint density at radius 1 is 0.870 bits per heavy atom. The molecule has 0 saturated heterocycles. The number of ether oxygens (including phenoxy) is 2. The SMILES string of the molecule is CCCCCCCCC(OC(=O)C(C)CC(C)C)C(=O)OCC. The molecule has 0 bridgehead atoms. The summed E-state index contributed by atoms with van der Waals surface area (Å²) in [5.74, 6) is -0.456. The Bertz CT molecular complexity index is 325. The van der Waals surface area contributed by atoms with Crippen LogP contribution in [0.1, 0.15) is 86.0 Å². The largest absolute Gasteiger partial charge is 0.463 e. The van der Waals surface area contributed by atoms with Gasteiger partial charge in [-0.2, -0.15) is 0 Å². The van der Waals surface area contributed by atoms with Crippen LogP contribution in [-0.4, -0.2) is 24.6 Å². The average molecular weight is 328 g/mol. The Hall–Kier alpha value is -1.06. The molecule has 0 aliphatic rings. The molecular weight excluding hydrogens is 292 g/mol. The average Bonchev–Trinajstić information content (AvgIpc) is 2.48. The Balaban J connectivity index is 4.34. The molecule has 0 aliphatic heterocycles. The van der Waals surface area contributed by atoms with Crippen molar-refractivity contribution in [3.63, 3.8) is 0 Å². The molecule has 2 unspecified atom stereocenters. The van der Waals surface area contributed by atoms with Crippen LogP contribution in [-0.2, 0) is 19.1 Å². The minimum absolute atomic E-state index is 0.184. The van der Waals surface area contributed by atoms with Crippen LogP contribution in [0.5, 0.6) is 0 Å². The minimum atomic E-state index is -0.747. The summed E-state index contributed by atoms with van der Waals surface area (Å²) in [6, 6.07) is 0. The van der Waals surface area contributed by atoms with Gasteiger partial charge in [0, 0.05) is 0 Å². The van der Waals surface area contributed by atoms with Crippen molar-refractivity contribution >= 4 is 11.9 Å². The van der Waals surface area contributed by atoms with Gasteiger partial charge >= 0.3 is 11.9 Å². The fourth-order valence-corrected chi connectivity index (χ4v) is 2.63. The summed E-state index contributed by atoms with van der Waals surface area (Å²) in [5.41, 5.74) is 0. The Morgan fingerprint density at radius 2 is 1.48 bits per heavy atom. The lowest BCUT2D eigenvalue weighted by atomic mass is 9.99. The maximum atomic E-state index is 12.1. The van der Waals surface area contributed by atoms with Crippen LogP contribution in [0.15, 0.2) is 0 Å². The quantitative estimate of drug-likeness (QED) is 0.356. The molecule has 0 aromatic rings. The van der Waals surface area contributed by atoms with Gasteiger partial charge in [0.1, 0.15) is 0 Å². The number of carbonyl (C=O) groups is 2. The number of hydrogen-bond acceptors (Lipinski definition) is 4. The highest BCUT2D eigenvalue weighted by molar-refractivity contribution is 5.80. The predicted molar refractivity (Wildman–Crippen MR) is 93.1 cm³/mol. The van der Waals surface area contributed by atoms with Gasteiger partial charge in [0.25, 0.3) is 0 Å². The van der Waals surface area contributed by atoms with Crippen molar-refractivity contribution in [1.82, 2.24) is 0 Å². The van der Waals surface area contributed by atoms with Gasteiger partial charge < -0.3 is 9.47 Å². The van der Waals surface area contributed by atoms with Crippen LogP contribution in [0.3, 0.4) is 0 Å². The summed E-state index contributed by atoms with van der Waals surface area (Å²) in [6.07, 6.45) is 7.40. The highest BCUT2D eigenvalue weighted by Crippen LogP contribution is 2.17. The number of rotatable bonds is 13. The first-order valence-electron chi connectivity index (χ1n) is 9.29. The summed E-state index contributed by atoms with van der Waals surface area (Å²) in [7, 11) is 0. The van der Waals surface area contributed by atoms with Crippen LogP contribution < -0.4 is 0 Å². The molecule has 4 nitrogen and oxygen atoms in total. The van der Waals surface area contributed by atoms with Crippen molar-refractivity contribution in [3.8, 4) is 0 Å². The number of unbranched alkanes of at least 4 members (excludes halogenated alkanes) is 5. The lowest BCUT2D eigenvalue weighted by molar-refractivity contribution is -0.170. The van der Waals surface area contributed by atoms with Crippen LogP contribution in [0, 0.1) is 11.8 Å². The van der Waals surface area contributed by atoms with E-state index in [1.54, 1.807) is 6.92 Å².